The Balaban J connectivity index is 1.67. The Morgan fingerprint density at radius 2 is 1.78 bits per heavy atom. The monoisotopic (exact) mass is 519 g/mol. The first kappa shape index (κ1) is 24.0. The number of methoxy groups -OCH3 is 2. The number of halogens is 1. The van der Waals surface area contributed by atoms with Crippen molar-refractivity contribution < 1.29 is 19.0 Å². The zero-order valence-electron chi connectivity index (χ0n) is 18.0. The van der Waals surface area contributed by atoms with Crippen LogP contribution >= 0.6 is 28.1 Å². The molecule has 0 radical (unpaired) electrons. The number of nitrogens with zero attached hydrogens (tertiary/aromatic N) is 1. The zero-order valence-corrected chi connectivity index (χ0v) is 20.4. The maximum absolute atomic E-state index is 12.7. The highest BCUT2D eigenvalue weighted by atomic mass is 79.9. The van der Waals surface area contributed by atoms with Gasteiger partial charge in [0, 0.05) is 16.1 Å². The number of hydrogen-bond donors (Lipinski definition) is 2. The summed E-state index contributed by atoms with van der Waals surface area (Å²) in [5.41, 5.74) is 3.79. The van der Waals surface area contributed by atoms with Crippen LogP contribution in [0.3, 0.4) is 0 Å². The second-order valence-electron chi connectivity index (χ2n) is 7.32. The maximum Gasteiger partial charge on any atom is 0.343 e. The van der Waals surface area contributed by atoms with Gasteiger partial charge in [-0.3, -0.25) is 5.43 Å². The third-order valence-corrected chi connectivity index (χ3v) is 5.81. The second-order valence-corrected chi connectivity index (χ2v) is 8.64. The van der Waals surface area contributed by atoms with Crippen molar-refractivity contribution in [1.29, 1.82) is 0 Å². The van der Waals surface area contributed by atoms with Gasteiger partial charge in [-0.25, -0.2) is 4.79 Å². The Morgan fingerprint density at radius 1 is 1.06 bits per heavy atom. The molecule has 0 aromatic heterocycles. The van der Waals surface area contributed by atoms with E-state index in [0.717, 1.165) is 17.3 Å². The lowest BCUT2D eigenvalue weighted by Crippen LogP contribution is -2.40. The fraction of sp³-hybridized carbons (Fsp3) is 0.348. The minimum atomic E-state index is -0.523. The maximum atomic E-state index is 12.7. The van der Waals surface area contributed by atoms with Gasteiger partial charge in [0.1, 0.15) is 5.75 Å². The largest absolute Gasteiger partial charge is 0.493 e. The van der Waals surface area contributed by atoms with Gasteiger partial charge in [0.25, 0.3) is 0 Å². The molecule has 0 unspecified atom stereocenters. The first-order valence-electron chi connectivity index (χ1n) is 10.3. The van der Waals surface area contributed by atoms with Crippen molar-refractivity contribution in [3.8, 4) is 17.2 Å². The summed E-state index contributed by atoms with van der Waals surface area (Å²) in [4.78, 5) is 12.7. The van der Waals surface area contributed by atoms with Gasteiger partial charge in [-0.05, 0) is 61.5 Å². The lowest BCUT2D eigenvalue weighted by atomic mass is 9.96. The van der Waals surface area contributed by atoms with Gasteiger partial charge >= 0.3 is 5.97 Å². The molecule has 0 saturated heterocycles. The number of carbonyl (C=O) groups excluding carboxylic acids is 1. The third-order valence-electron chi connectivity index (χ3n) is 5.10. The van der Waals surface area contributed by atoms with Crippen LogP contribution in [0.15, 0.2) is 46.0 Å². The van der Waals surface area contributed by atoms with Crippen LogP contribution in [0.2, 0.25) is 0 Å². The molecular formula is C23H26BrN3O4S. The highest BCUT2D eigenvalue weighted by Crippen LogP contribution is 2.29. The summed E-state index contributed by atoms with van der Waals surface area (Å²) < 4.78 is 16.9. The van der Waals surface area contributed by atoms with E-state index in [1.807, 2.05) is 0 Å². The quantitative estimate of drug-likeness (QED) is 0.178. The Kier molecular flexibility index (Phi) is 8.87. The fourth-order valence-electron chi connectivity index (χ4n) is 3.46. The molecule has 2 aromatic carbocycles. The number of nitrogens with one attached hydrogen (secondary N) is 2. The summed E-state index contributed by atoms with van der Waals surface area (Å²) in [6, 6.07) is 10.5. The van der Waals surface area contributed by atoms with E-state index in [1.165, 1.54) is 33.5 Å². The molecule has 170 valence electrons. The lowest BCUT2D eigenvalue weighted by Gasteiger charge is -2.23. The first-order chi connectivity index (χ1) is 15.5. The van der Waals surface area contributed by atoms with Gasteiger partial charge in [-0.1, -0.05) is 35.2 Å². The molecule has 1 aliphatic carbocycles. The van der Waals surface area contributed by atoms with Crippen LogP contribution in [0.5, 0.6) is 17.2 Å². The molecule has 9 heteroatoms. The van der Waals surface area contributed by atoms with Gasteiger partial charge in [0.05, 0.1) is 26.0 Å². The molecule has 0 aliphatic heterocycles. The Labute approximate surface area is 201 Å². The standard InChI is InChI=1S/C23H26BrN3O4S/c1-29-20-10-8-15(13-21(20)30-2)22(28)31-19-11-9-17(24)12-16(19)14-25-27-23(32)26-18-6-4-3-5-7-18/h8-14,18H,3-7H2,1-2H3,(H2,26,27,32)/b25-14-. The molecule has 0 heterocycles. The molecule has 0 amide bonds. The van der Waals surface area contributed by atoms with Crippen molar-refractivity contribution in [2.75, 3.05) is 14.2 Å². The summed E-state index contributed by atoms with van der Waals surface area (Å²) in [5, 5.41) is 7.99. The third kappa shape index (κ3) is 6.67. The van der Waals surface area contributed by atoms with E-state index < -0.39 is 5.97 Å². The molecule has 0 bridgehead atoms. The number of thiocarbonyl (C=S) groups is 1. The van der Waals surface area contributed by atoms with Crippen LogP contribution in [0.25, 0.3) is 0 Å². The SMILES string of the molecule is COc1ccc(C(=O)Oc2ccc(Br)cc2/C=N\NC(=S)NC2CCCCC2)cc1OC. The van der Waals surface area contributed by atoms with Gasteiger partial charge < -0.3 is 19.5 Å². The number of benzene rings is 2. The van der Waals surface area contributed by atoms with E-state index in [1.54, 1.807) is 42.6 Å². The van der Waals surface area contributed by atoms with E-state index in [2.05, 4.69) is 31.8 Å². The molecule has 2 N–H and O–H groups in total. The average Bonchev–Trinajstić information content (AvgIpc) is 2.80. The highest BCUT2D eigenvalue weighted by molar-refractivity contribution is 9.10. The Hall–Kier alpha value is -2.65. The van der Waals surface area contributed by atoms with Crippen molar-refractivity contribution in [2.24, 2.45) is 5.10 Å². The lowest BCUT2D eigenvalue weighted by molar-refractivity contribution is 0.0734. The van der Waals surface area contributed by atoms with Gasteiger partial charge in [0.15, 0.2) is 16.6 Å². The van der Waals surface area contributed by atoms with Crippen molar-refractivity contribution in [1.82, 2.24) is 10.7 Å². The van der Waals surface area contributed by atoms with Gasteiger partial charge in [0.2, 0.25) is 0 Å². The predicted molar refractivity (Wildman–Crippen MR) is 132 cm³/mol. The highest BCUT2D eigenvalue weighted by Gasteiger charge is 2.15. The number of hydrazone groups is 1. The summed E-state index contributed by atoms with van der Waals surface area (Å²) in [7, 11) is 3.05. The summed E-state index contributed by atoms with van der Waals surface area (Å²) >= 11 is 8.77. The molecule has 2 aromatic rings. The first-order valence-corrected chi connectivity index (χ1v) is 11.5. The topological polar surface area (TPSA) is 81.2 Å². The summed E-state index contributed by atoms with van der Waals surface area (Å²) in [5.74, 6) is 0.821. The Morgan fingerprint density at radius 3 is 2.50 bits per heavy atom. The fourth-order valence-corrected chi connectivity index (χ4v) is 4.06. The zero-order chi connectivity index (χ0) is 22.9. The summed E-state index contributed by atoms with van der Waals surface area (Å²) in [6.07, 6.45) is 7.52. The molecular weight excluding hydrogens is 494 g/mol. The van der Waals surface area contributed by atoms with Crippen LogP contribution in [-0.2, 0) is 0 Å². The molecule has 0 spiro atoms. The molecule has 0 atom stereocenters. The molecule has 1 aliphatic rings. The smallest absolute Gasteiger partial charge is 0.343 e. The minimum Gasteiger partial charge on any atom is -0.493 e. The van der Waals surface area contributed by atoms with E-state index in [4.69, 9.17) is 26.4 Å². The van der Waals surface area contributed by atoms with Crippen LogP contribution < -0.4 is 25.0 Å². The predicted octanol–water partition coefficient (Wildman–Crippen LogP) is 4.82. The second kappa shape index (κ2) is 11.8. The van der Waals surface area contributed by atoms with E-state index in [9.17, 15) is 4.79 Å². The number of ether oxygens (including phenoxy) is 3. The van der Waals surface area contributed by atoms with Crippen LogP contribution in [0, 0.1) is 0 Å². The average molecular weight is 520 g/mol. The normalized spacial score (nSPS) is 14.1. The number of esters is 1. The number of rotatable bonds is 7. The molecule has 32 heavy (non-hydrogen) atoms. The van der Waals surface area contributed by atoms with Gasteiger partial charge in [-0.15, -0.1) is 0 Å². The van der Waals surface area contributed by atoms with Crippen molar-refractivity contribution in [2.45, 2.75) is 38.1 Å². The van der Waals surface area contributed by atoms with Crippen molar-refractivity contribution in [3.63, 3.8) is 0 Å². The minimum absolute atomic E-state index is 0.337. The molecule has 7 nitrogen and oxygen atoms in total. The van der Waals surface area contributed by atoms with E-state index in [-0.39, 0.29) is 0 Å². The van der Waals surface area contributed by atoms with Crippen molar-refractivity contribution in [3.05, 3.63) is 52.0 Å². The summed E-state index contributed by atoms with van der Waals surface area (Å²) in [6.45, 7) is 0. The molecule has 3 rings (SSSR count). The van der Waals surface area contributed by atoms with Crippen LogP contribution in [0.1, 0.15) is 48.0 Å². The van der Waals surface area contributed by atoms with Crippen molar-refractivity contribution >= 4 is 45.4 Å². The van der Waals surface area contributed by atoms with E-state index >= 15 is 0 Å². The van der Waals surface area contributed by atoms with Gasteiger partial charge in [-0.2, -0.15) is 5.10 Å². The van der Waals surface area contributed by atoms with Crippen LogP contribution in [-0.4, -0.2) is 37.6 Å². The number of hydrogen-bond acceptors (Lipinski definition) is 6. The Bertz CT molecular complexity index is 993. The molecule has 1 fully saturated rings. The van der Waals surface area contributed by atoms with Crippen LogP contribution in [0.4, 0.5) is 0 Å². The molecule has 1 saturated carbocycles. The number of carbonyl (C=O) groups is 1. The van der Waals surface area contributed by atoms with E-state index in [0.29, 0.717) is 39.5 Å².